The Morgan fingerprint density at radius 3 is 2.30 bits per heavy atom. The molecule has 0 fully saturated rings. The van der Waals surface area contributed by atoms with Crippen molar-refractivity contribution in [2.45, 2.75) is 26.2 Å². The van der Waals surface area contributed by atoms with Crippen molar-refractivity contribution >= 4 is 5.97 Å². The fourth-order valence-corrected chi connectivity index (χ4v) is 0.310. The highest BCUT2D eigenvalue weighted by Crippen LogP contribution is 1.94. The third kappa shape index (κ3) is 3.42. The van der Waals surface area contributed by atoms with E-state index in [1.54, 1.807) is 6.92 Å². The Kier molecular flexibility index (Phi) is 3.99. The summed E-state index contributed by atoms with van der Waals surface area (Å²) in [5.41, 5.74) is 0. The van der Waals surface area contributed by atoms with Crippen molar-refractivity contribution in [3.63, 3.8) is 0 Å². The topological polar surface area (TPSA) is 55.8 Å². The Morgan fingerprint density at radius 2 is 2.00 bits per heavy atom. The predicted molar refractivity (Wildman–Crippen MR) is 34.2 cm³/mol. The van der Waals surface area contributed by atoms with Crippen LogP contribution in [-0.4, -0.2) is 30.6 Å². The van der Waals surface area contributed by atoms with Crippen molar-refractivity contribution in [1.29, 1.82) is 0 Å². The van der Waals surface area contributed by atoms with E-state index in [1.165, 1.54) is 14.0 Å². The second-order valence-electron chi connectivity index (χ2n) is 1.92. The van der Waals surface area contributed by atoms with Crippen LogP contribution in [0.3, 0.4) is 0 Å². The molecule has 4 nitrogen and oxygen atoms in total. The summed E-state index contributed by atoms with van der Waals surface area (Å²) in [4.78, 5) is 10.6. The zero-order valence-electron chi connectivity index (χ0n) is 6.33. The minimum absolute atomic E-state index is 0.595. The fourth-order valence-electron chi connectivity index (χ4n) is 0.310. The molecular formula is C6H12O4. The van der Waals surface area contributed by atoms with Gasteiger partial charge in [0.1, 0.15) is 6.10 Å². The molecule has 2 unspecified atom stereocenters. The number of hydrogen-bond acceptors (Lipinski definition) is 4. The first-order chi connectivity index (χ1) is 4.57. The minimum Gasteiger partial charge on any atom is -0.434 e. The molecule has 0 aliphatic rings. The van der Waals surface area contributed by atoms with Crippen molar-refractivity contribution in [3.05, 3.63) is 0 Å². The van der Waals surface area contributed by atoms with Crippen LogP contribution < -0.4 is 0 Å². The number of aliphatic hydroxyl groups excluding tert-OH is 1. The smallest absolute Gasteiger partial charge is 0.336 e. The zero-order valence-corrected chi connectivity index (χ0v) is 6.33. The van der Waals surface area contributed by atoms with Crippen molar-refractivity contribution in [2.75, 3.05) is 7.11 Å². The molecule has 0 aromatic rings. The summed E-state index contributed by atoms with van der Waals surface area (Å²) in [6.45, 7) is 2.91. The van der Waals surface area contributed by atoms with E-state index in [2.05, 4.69) is 9.47 Å². The molecule has 0 aromatic heterocycles. The zero-order chi connectivity index (χ0) is 8.15. The number of methoxy groups -OCH3 is 1. The van der Waals surface area contributed by atoms with Gasteiger partial charge in [0, 0.05) is 7.11 Å². The molecule has 1 N–H and O–H groups in total. The van der Waals surface area contributed by atoms with Crippen molar-refractivity contribution in [3.8, 4) is 0 Å². The van der Waals surface area contributed by atoms with Crippen LogP contribution in [0.15, 0.2) is 0 Å². The van der Waals surface area contributed by atoms with E-state index in [0.29, 0.717) is 0 Å². The average molecular weight is 148 g/mol. The lowest BCUT2D eigenvalue weighted by atomic mass is 10.4. The van der Waals surface area contributed by atoms with Crippen LogP contribution in [0.5, 0.6) is 0 Å². The number of carbonyl (C=O) groups is 1. The Labute approximate surface area is 59.7 Å². The van der Waals surface area contributed by atoms with E-state index < -0.39 is 18.4 Å². The van der Waals surface area contributed by atoms with Crippen LogP contribution >= 0.6 is 0 Å². The molecule has 0 aliphatic carbocycles. The highest BCUT2D eigenvalue weighted by Gasteiger charge is 2.12. The van der Waals surface area contributed by atoms with Crippen molar-refractivity contribution < 1.29 is 19.4 Å². The first-order valence-electron chi connectivity index (χ1n) is 2.99. The lowest BCUT2D eigenvalue weighted by Crippen LogP contribution is -2.24. The molecule has 0 aromatic carbocycles. The summed E-state index contributed by atoms with van der Waals surface area (Å²) < 4.78 is 9.17. The maximum atomic E-state index is 10.6. The van der Waals surface area contributed by atoms with E-state index in [-0.39, 0.29) is 0 Å². The molecule has 0 amide bonds. The van der Waals surface area contributed by atoms with Gasteiger partial charge in [-0.15, -0.1) is 0 Å². The maximum Gasteiger partial charge on any atom is 0.336 e. The normalized spacial score (nSPS) is 16.0. The average Bonchev–Trinajstić information content (AvgIpc) is 1.87. The standard InChI is InChI=1S/C6H12O4/c1-4(7)6(8)10-5(2)9-3/h4-5,7H,1-3H3. The Bertz CT molecular complexity index is 110. The Hall–Kier alpha value is -0.610. The summed E-state index contributed by atoms with van der Waals surface area (Å²) in [5.74, 6) is -0.672. The number of esters is 1. The second kappa shape index (κ2) is 4.24. The highest BCUT2D eigenvalue weighted by atomic mass is 16.7. The van der Waals surface area contributed by atoms with Gasteiger partial charge in [0.15, 0.2) is 6.29 Å². The number of hydrogen-bond donors (Lipinski definition) is 1. The second-order valence-corrected chi connectivity index (χ2v) is 1.92. The molecule has 10 heavy (non-hydrogen) atoms. The van der Waals surface area contributed by atoms with Crippen LogP contribution in [0.2, 0.25) is 0 Å². The number of rotatable bonds is 3. The first kappa shape index (κ1) is 9.39. The van der Waals surface area contributed by atoms with Crippen molar-refractivity contribution in [1.82, 2.24) is 0 Å². The molecule has 0 aliphatic heterocycles. The van der Waals surface area contributed by atoms with Gasteiger partial charge >= 0.3 is 5.97 Å². The van der Waals surface area contributed by atoms with Crippen LogP contribution in [0.4, 0.5) is 0 Å². The van der Waals surface area contributed by atoms with Gasteiger partial charge in [0.25, 0.3) is 0 Å². The molecule has 2 atom stereocenters. The summed E-state index contributed by atoms with van der Waals surface area (Å²) in [6, 6.07) is 0. The van der Waals surface area contributed by atoms with Gasteiger partial charge < -0.3 is 14.6 Å². The third-order valence-electron chi connectivity index (χ3n) is 0.955. The Morgan fingerprint density at radius 1 is 1.50 bits per heavy atom. The molecule has 0 rings (SSSR count). The van der Waals surface area contributed by atoms with Crippen LogP contribution in [0.1, 0.15) is 13.8 Å². The molecule has 0 spiro atoms. The Balaban J connectivity index is 3.57. The van der Waals surface area contributed by atoms with Crippen LogP contribution in [0.25, 0.3) is 0 Å². The van der Waals surface area contributed by atoms with Gasteiger partial charge in [-0.25, -0.2) is 4.79 Å². The van der Waals surface area contributed by atoms with E-state index >= 15 is 0 Å². The number of aliphatic hydroxyl groups is 1. The van der Waals surface area contributed by atoms with E-state index in [4.69, 9.17) is 5.11 Å². The molecular weight excluding hydrogens is 136 g/mol. The quantitative estimate of drug-likeness (QED) is 0.448. The maximum absolute atomic E-state index is 10.6. The lowest BCUT2D eigenvalue weighted by molar-refractivity contribution is -0.178. The molecule has 0 heterocycles. The van der Waals surface area contributed by atoms with Gasteiger partial charge in [-0.3, -0.25) is 0 Å². The number of ether oxygens (including phenoxy) is 2. The van der Waals surface area contributed by atoms with E-state index in [0.717, 1.165) is 0 Å². The van der Waals surface area contributed by atoms with Crippen LogP contribution in [-0.2, 0) is 14.3 Å². The minimum atomic E-state index is -1.09. The first-order valence-corrected chi connectivity index (χ1v) is 2.99. The van der Waals surface area contributed by atoms with Gasteiger partial charge in [-0.1, -0.05) is 0 Å². The largest absolute Gasteiger partial charge is 0.434 e. The highest BCUT2D eigenvalue weighted by molar-refractivity contribution is 5.73. The molecule has 4 heteroatoms. The summed E-state index contributed by atoms with van der Waals surface area (Å²) in [5, 5.41) is 8.64. The molecule has 60 valence electrons. The summed E-state index contributed by atoms with van der Waals surface area (Å²) >= 11 is 0. The van der Waals surface area contributed by atoms with E-state index in [9.17, 15) is 4.79 Å². The third-order valence-corrected chi connectivity index (χ3v) is 0.955. The lowest BCUT2D eigenvalue weighted by Gasteiger charge is -2.11. The van der Waals surface area contributed by atoms with Crippen molar-refractivity contribution in [2.24, 2.45) is 0 Å². The van der Waals surface area contributed by atoms with Gasteiger partial charge in [0.05, 0.1) is 0 Å². The number of carbonyl (C=O) groups excluding carboxylic acids is 1. The van der Waals surface area contributed by atoms with Gasteiger partial charge in [-0.05, 0) is 13.8 Å². The molecule has 0 bridgehead atoms. The van der Waals surface area contributed by atoms with Crippen LogP contribution in [0, 0.1) is 0 Å². The fraction of sp³-hybridized carbons (Fsp3) is 0.833. The molecule has 0 radical (unpaired) electrons. The predicted octanol–water partition coefficient (Wildman–Crippen LogP) is -0.0972. The summed E-state index contributed by atoms with van der Waals surface area (Å²) in [7, 11) is 1.42. The SMILES string of the molecule is COC(C)OC(=O)C(C)O. The van der Waals surface area contributed by atoms with E-state index in [1.807, 2.05) is 0 Å². The summed E-state index contributed by atoms with van der Waals surface area (Å²) in [6.07, 6.45) is -1.68. The van der Waals surface area contributed by atoms with Gasteiger partial charge in [-0.2, -0.15) is 0 Å². The monoisotopic (exact) mass is 148 g/mol. The molecule has 0 saturated carbocycles. The molecule has 0 saturated heterocycles. The van der Waals surface area contributed by atoms with Gasteiger partial charge in [0.2, 0.25) is 0 Å².